The minimum atomic E-state index is -4.58. The number of nitrogen functional groups attached to an aromatic ring is 1. The highest BCUT2D eigenvalue weighted by Crippen LogP contribution is 2.33. The standard InChI is InChI=1S/C12H15F3N2O2/c1-7(19-2)6-17-11(18)8-3-4-10(16)9(5-8)12(13,14)15/h3-5,7H,6,16H2,1-2H3,(H,17,18). The molecule has 1 rings (SSSR count). The molecule has 1 atom stereocenters. The SMILES string of the molecule is COC(C)CNC(=O)c1ccc(N)c(C(F)(F)F)c1. The van der Waals surface area contributed by atoms with Crippen molar-refractivity contribution in [1.82, 2.24) is 5.32 Å². The molecule has 0 aromatic heterocycles. The average molecular weight is 276 g/mol. The Morgan fingerprint density at radius 3 is 2.63 bits per heavy atom. The van der Waals surface area contributed by atoms with Crippen molar-refractivity contribution in [2.45, 2.75) is 19.2 Å². The van der Waals surface area contributed by atoms with E-state index in [0.29, 0.717) is 0 Å². The first-order valence-corrected chi connectivity index (χ1v) is 5.53. The van der Waals surface area contributed by atoms with Crippen LogP contribution >= 0.6 is 0 Å². The molecule has 0 aliphatic heterocycles. The second-order valence-corrected chi connectivity index (χ2v) is 4.06. The highest BCUT2D eigenvalue weighted by molar-refractivity contribution is 5.94. The van der Waals surface area contributed by atoms with Crippen LogP contribution in [-0.2, 0) is 10.9 Å². The Labute approximate surface area is 108 Å². The summed E-state index contributed by atoms with van der Waals surface area (Å²) in [7, 11) is 1.47. The molecule has 0 saturated carbocycles. The van der Waals surface area contributed by atoms with E-state index in [4.69, 9.17) is 10.5 Å². The van der Waals surface area contributed by atoms with Crippen LogP contribution in [0.5, 0.6) is 0 Å². The number of nitrogens with two attached hydrogens (primary N) is 1. The molecule has 1 amide bonds. The summed E-state index contributed by atoms with van der Waals surface area (Å²) in [6, 6.07) is 3.05. The van der Waals surface area contributed by atoms with Crippen molar-refractivity contribution in [2.75, 3.05) is 19.4 Å². The van der Waals surface area contributed by atoms with Gasteiger partial charge in [-0.3, -0.25) is 4.79 Å². The average Bonchev–Trinajstić information content (AvgIpc) is 2.34. The highest BCUT2D eigenvalue weighted by atomic mass is 19.4. The zero-order chi connectivity index (χ0) is 14.6. The molecule has 0 spiro atoms. The quantitative estimate of drug-likeness (QED) is 0.827. The van der Waals surface area contributed by atoms with Gasteiger partial charge >= 0.3 is 6.18 Å². The molecule has 0 saturated heterocycles. The third kappa shape index (κ3) is 4.13. The first-order chi connectivity index (χ1) is 8.75. The Morgan fingerprint density at radius 1 is 1.47 bits per heavy atom. The van der Waals surface area contributed by atoms with Crippen molar-refractivity contribution in [3.63, 3.8) is 0 Å². The molecule has 19 heavy (non-hydrogen) atoms. The molecule has 1 aromatic rings. The Morgan fingerprint density at radius 2 is 2.11 bits per heavy atom. The Bertz CT molecular complexity index is 461. The van der Waals surface area contributed by atoms with Gasteiger partial charge in [0.25, 0.3) is 5.91 Å². The smallest absolute Gasteiger partial charge is 0.398 e. The number of amides is 1. The molecule has 4 nitrogen and oxygen atoms in total. The van der Waals surface area contributed by atoms with E-state index in [0.717, 1.165) is 12.1 Å². The van der Waals surface area contributed by atoms with Crippen molar-refractivity contribution in [3.05, 3.63) is 29.3 Å². The molecule has 0 aliphatic rings. The maximum Gasteiger partial charge on any atom is 0.418 e. The van der Waals surface area contributed by atoms with Crippen LogP contribution in [0, 0.1) is 0 Å². The zero-order valence-corrected chi connectivity index (χ0v) is 10.5. The molecule has 0 bridgehead atoms. The summed E-state index contributed by atoms with van der Waals surface area (Å²) in [5.74, 6) is -0.602. The second-order valence-electron chi connectivity index (χ2n) is 4.06. The second kappa shape index (κ2) is 5.92. The van der Waals surface area contributed by atoms with Crippen LogP contribution in [0.1, 0.15) is 22.8 Å². The lowest BCUT2D eigenvalue weighted by atomic mass is 10.1. The van der Waals surface area contributed by atoms with E-state index in [-0.39, 0.29) is 18.2 Å². The number of halogens is 3. The predicted octanol–water partition coefficient (Wildman–Crippen LogP) is 2.05. The van der Waals surface area contributed by atoms with Crippen LogP contribution in [0.15, 0.2) is 18.2 Å². The highest BCUT2D eigenvalue weighted by Gasteiger charge is 2.33. The van der Waals surface area contributed by atoms with E-state index < -0.39 is 23.3 Å². The van der Waals surface area contributed by atoms with Gasteiger partial charge in [-0.15, -0.1) is 0 Å². The summed E-state index contributed by atoms with van der Waals surface area (Å²) < 4.78 is 42.8. The van der Waals surface area contributed by atoms with Crippen LogP contribution in [0.3, 0.4) is 0 Å². The minimum absolute atomic E-state index is 0.0928. The number of methoxy groups -OCH3 is 1. The first kappa shape index (κ1) is 15.3. The van der Waals surface area contributed by atoms with Crippen molar-refractivity contribution in [2.24, 2.45) is 0 Å². The van der Waals surface area contributed by atoms with Crippen molar-refractivity contribution >= 4 is 11.6 Å². The van der Waals surface area contributed by atoms with Gasteiger partial charge in [-0.25, -0.2) is 0 Å². The summed E-state index contributed by atoms with van der Waals surface area (Å²) >= 11 is 0. The number of benzene rings is 1. The fourth-order valence-electron chi connectivity index (χ4n) is 1.36. The van der Waals surface area contributed by atoms with Gasteiger partial charge in [0, 0.05) is 24.9 Å². The van der Waals surface area contributed by atoms with Crippen molar-refractivity contribution in [3.8, 4) is 0 Å². The molecular weight excluding hydrogens is 261 g/mol. The predicted molar refractivity (Wildman–Crippen MR) is 64.7 cm³/mol. The summed E-state index contributed by atoms with van der Waals surface area (Å²) in [4.78, 5) is 11.7. The van der Waals surface area contributed by atoms with Gasteiger partial charge in [0.2, 0.25) is 0 Å². The third-order valence-electron chi connectivity index (χ3n) is 2.57. The minimum Gasteiger partial charge on any atom is -0.398 e. The number of rotatable bonds is 4. The molecule has 0 fully saturated rings. The van der Waals surface area contributed by atoms with Crippen LogP contribution < -0.4 is 11.1 Å². The fourth-order valence-corrected chi connectivity index (χ4v) is 1.36. The third-order valence-corrected chi connectivity index (χ3v) is 2.57. The molecule has 106 valence electrons. The van der Waals surface area contributed by atoms with Gasteiger partial charge < -0.3 is 15.8 Å². The van der Waals surface area contributed by atoms with Gasteiger partial charge in [0.15, 0.2) is 0 Å². The van der Waals surface area contributed by atoms with Crippen molar-refractivity contribution in [1.29, 1.82) is 0 Å². The lowest BCUT2D eigenvalue weighted by Gasteiger charge is -2.13. The van der Waals surface area contributed by atoms with E-state index in [1.54, 1.807) is 6.92 Å². The summed E-state index contributed by atoms with van der Waals surface area (Å²) in [5.41, 5.74) is 3.73. The van der Waals surface area contributed by atoms with Gasteiger partial charge in [-0.2, -0.15) is 13.2 Å². The van der Waals surface area contributed by atoms with Crippen LogP contribution in [-0.4, -0.2) is 25.7 Å². The van der Waals surface area contributed by atoms with Gasteiger partial charge in [-0.1, -0.05) is 0 Å². The van der Waals surface area contributed by atoms with E-state index in [1.807, 2.05) is 0 Å². The normalized spacial score (nSPS) is 13.1. The lowest BCUT2D eigenvalue weighted by Crippen LogP contribution is -2.31. The van der Waals surface area contributed by atoms with Crippen LogP contribution in [0.4, 0.5) is 18.9 Å². The fraction of sp³-hybridized carbons (Fsp3) is 0.417. The van der Waals surface area contributed by atoms with Crippen LogP contribution in [0.25, 0.3) is 0 Å². The molecule has 3 N–H and O–H groups in total. The number of anilines is 1. The van der Waals surface area contributed by atoms with Gasteiger partial charge in [0.05, 0.1) is 11.7 Å². The molecule has 1 aromatic carbocycles. The number of alkyl halides is 3. The zero-order valence-electron chi connectivity index (χ0n) is 10.5. The maximum absolute atomic E-state index is 12.6. The molecule has 7 heteroatoms. The Hall–Kier alpha value is -1.76. The van der Waals surface area contributed by atoms with Crippen LogP contribution in [0.2, 0.25) is 0 Å². The van der Waals surface area contributed by atoms with E-state index in [2.05, 4.69) is 5.32 Å². The van der Waals surface area contributed by atoms with Gasteiger partial charge in [0.1, 0.15) is 0 Å². The molecule has 0 aliphatic carbocycles. The summed E-state index contributed by atoms with van der Waals surface area (Å²) in [5, 5.41) is 2.48. The van der Waals surface area contributed by atoms with E-state index in [1.165, 1.54) is 13.2 Å². The topological polar surface area (TPSA) is 64.3 Å². The monoisotopic (exact) mass is 276 g/mol. The number of hydrogen-bond donors (Lipinski definition) is 2. The number of carbonyl (C=O) groups is 1. The number of carbonyl (C=O) groups excluding carboxylic acids is 1. The van der Waals surface area contributed by atoms with Crippen molar-refractivity contribution < 1.29 is 22.7 Å². The van der Waals surface area contributed by atoms with Gasteiger partial charge in [-0.05, 0) is 25.1 Å². The lowest BCUT2D eigenvalue weighted by molar-refractivity contribution is -0.136. The van der Waals surface area contributed by atoms with E-state index in [9.17, 15) is 18.0 Å². The molecule has 0 heterocycles. The molecule has 0 radical (unpaired) electrons. The number of hydrogen-bond acceptors (Lipinski definition) is 3. The summed E-state index contributed by atoms with van der Waals surface area (Å²) in [6.45, 7) is 1.94. The molecule has 1 unspecified atom stereocenters. The maximum atomic E-state index is 12.6. The number of ether oxygens (including phenoxy) is 1. The molecular formula is C12H15F3N2O2. The first-order valence-electron chi connectivity index (χ1n) is 5.53. The summed E-state index contributed by atoms with van der Waals surface area (Å²) in [6.07, 6.45) is -4.81. The Balaban J connectivity index is 2.87. The largest absolute Gasteiger partial charge is 0.418 e. The Kier molecular flexibility index (Phi) is 4.77. The van der Waals surface area contributed by atoms with E-state index >= 15 is 0 Å². The number of nitrogens with one attached hydrogen (secondary N) is 1.